The molecule has 126 valence electrons. The lowest BCUT2D eigenvalue weighted by Gasteiger charge is -2.18. The number of nitro benzene ring substituents is 1. The lowest BCUT2D eigenvalue weighted by Crippen LogP contribution is -2.30. The highest BCUT2D eigenvalue weighted by Gasteiger charge is 2.24. The first-order chi connectivity index (χ1) is 10.8. The summed E-state index contributed by atoms with van der Waals surface area (Å²) in [6.07, 6.45) is 0.376. The van der Waals surface area contributed by atoms with Crippen LogP contribution >= 0.6 is 0 Å². The van der Waals surface area contributed by atoms with E-state index in [1.807, 2.05) is 13.8 Å². The second kappa shape index (κ2) is 8.11. The van der Waals surface area contributed by atoms with Crippen LogP contribution in [0.5, 0.6) is 0 Å². The van der Waals surface area contributed by atoms with Crippen LogP contribution in [0.3, 0.4) is 0 Å². The molecule has 1 rings (SSSR count). The van der Waals surface area contributed by atoms with E-state index >= 15 is 0 Å². The number of nitro groups is 1. The molecule has 0 aliphatic rings. The fraction of sp³-hybridized carbons (Fsp3) is 0.467. The number of anilines is 1. The van der Waals surface area contributed by atoms with Gasteiger partial charge in [0, 0.05) is 11.8 Å². The Morgan fingerprint density at radius 3 is 2.52 bits per heavy atom. The summed E-state index contributed by atoms with van der Waals surface area (Å²) in [7, 11) is 0. The topological polar surface area (TPSA) is 119 Å². The minimum atomic E-state index is -1.03. The molecule has 0 heterocycles. The molecular weight excluding hydrogens is 304 g/mol. The molecule has 1 aromatic carbocycles. The third kappa shape index (κ3) is 5.24. The van der Waals surface area contributed by atoms with Crippen LogP contribution in [0.2, 0.25) is 0 Å². The fourth-order valence-electron chi connectivity index (χ4n) is 2.05. The number of aliphatic carboxylic acids is 1. The summed E-state index contributed by atoms with van der Waals surface area (Å²) in [4.78, 5) is 33.4. The molecule has 8 heteroatoms. The Morgan fingerprint density at radius 2 is 2.04 bits per heavy atom. The Bertz CT molecular complexity index is 600. The van der Waals surface area contributed by atoms with E-state index in [1.54, 1.807) is 6.92 Å². The van der Waals surface area contributed by atoms with E-state index in [9.17, 15) is 24.8 Å². The summed E-state index contributed by atoms with van der Waals surface area (Å²) < 4.78 is 4.80. The van der Waals surface area contributed by atoms with Gasteiger partial charge in [0.1, 0.15) is 11.6 Å². The lowest BCUT2D eigenvalue weighted by molar-refractivity contribution is -0.385. The minimum absolute atomic E-state index is 0.0821. The Hall–Kier alpha value is -2.64. The van der Waals surface area contributed by atoms with E-state index in [4.69, 9.17) is 4.74 Å². The van der Waals surface area contributed by atoms with E-state index < -0.39 is 22.9 Å². The quantitative estimate of drug-likeness (QED) is 0.428. The molecular formula is C15H20N2O6. The van der Waals surface area contributed by atoms with Gasteiger partial charge in [-0.3, -0.25) is 10.1 Å². The Morgan fingerprint density at radius 1 is 1.39 bits per heavy atom. The van der Waals surface area contributed by atoms with Gasteiger partial charge in [-0.15, -0.1) is 0 Å². The number of rotatable bonds is 8. The lowest BCUT2D eigenvalue weighted by atomic mass is 10.0. The number of nitrogens with zero attached hydrogens (tertiary/aromatic N) is 1. The molecule has 0 radical (unpaired) electrons. The number of carbonyl (C=O) groups is 2. The second-order valence-corrected chi connectivity index (χ2v) is 5.37. The summed E-state index contributed by atoms with van der Waals surface area (Å²) in [5, 5.41) is 23.0. The molecule has 23 heavy (non-hydrogen) atoms. The standard InChI is InChI=1S/C15H20N2O6/c1-4-23-15(20)11-8-10(5-6-13(11)17(21)22)16-12(14(18)19)7-9(2)3/h5-6,8-9,12,16H,4,7H2,1-3H3,(H,18,19). The van der Waals surface area contributed by atoms with Crippen LogP contribution in [0, 0.1) is 16.0 Å². The summed E-state index contributed by atoms with van der Waals surface area (Å²) in [6, 6.07) is 2.92. The second-order valence-electron chi connectivity index (χ2n) is 5.37. The zero-order chi connectivity index (χ0) is 17.6. The molecule has 0 amide bonds. The Balaban J connectivity index is 3.13. The maximum atomic E-state index is 11.8. The van der Waals surface area contributed by atoms with Crippen molar-refractivity contribution in [1.29, 1.82) is 0 Å². The number of ether oxygens (including phenoxy) is 1. The van der Waals surface area contributed by atoms with Gasteiger partial charge < -0.3 is 15.2 Å². The number of hydrogen-bond donors (Lipinski definition) is 2. The fourth-order valence-corrected chi connectivity index (χ4v) is 2.05. The van der Waals surface area contributed by atoms with Gasteiger partial charge in [0.15, 0.2) is 0 Å². The molecule has 0 saturated carbocycles. The van der Waals surface area contributed by atoms with Gasteiger partial charge in [-0.05, 0) is 31.4 Å². The minimum Gasteiger partial charge on any atom is -0.480 e. The summed E-state index contributed by atoms with van der Waals surface area (Å²) >= 11 is 0. The van der Waals surface area contributed by atoms with Crippen molar-refractivity contribution in [2.75, 3.05) is 11.9 Å². The largest absolute Gasteiger partial charge is 0.480 e. The van der Waals surface area contributed by atoms with Crippen molar-refractivity contribution < 1.29 is 24.4 Å². The number of carboxylic acids is 1. The number of carboxylic acid groups (broad SMARTS) is 1. The van der Waals surface area contributed by atoms with Crippen molar-refractivity contribution >= 4 is 23.3 Å². The van der Waals surface area contributed by atoms with Crippen LogP contribution in [-0.4, -0.2) is 34.6 Å². The molecule has 1 aromatic rings. The Labute approximate surface area is 133 Å². The third-order valence-corrected chi connectivity index (χ3v) is 3.03. The van der Waals surface area contributed by atoms with Gasteiger partial charge in [0.25, 0.3) is 5.69 Å². The van der Waals surface area contributed by atoms with Crippen LogP contribution in [0.15, 0.2) is 18.2 Å². The number of hydrogen-bond acceptors (Lipinski definition) is 6. The predicted molar refractivity (Wildman–Crippen MR) is 83.6 cm³/mol. The van der Waals surface area contributed by atoms with Crippen LogP contribution in [0.25, 0.3) is 0 Å². The average Bonchev–Trinajstić information content (AvgIpc) is 2.45. The zero-order valence-corrected chi connectivity index (χ0v) is 13.2. The maximum absolute atomic E-state index is 11.8. The SMILES string of the molecule is CCOC(=O)c1cc(NC(CC(C)C)C(=O)O)ccc1[N+](=O)[O-]. The predicted octanol–water partition coefficient (Wildman–Crippen LogP) is 2.68. The molecule has 0 aliphatic carbocycles. The van der Waals surface area contributed by atoms with Crippen LogP contribution < -0.4 is 5.32 Å². The molecule has 1 atom stereocenters. The van der Waals surface area contributed by atoms with Gasteiger partial charge in [-0.1, -0.05) is 13.8 Å². The highest BCUT2D eigenvalue weighted by atomic mass is 16.6. The molecule has 0 bridgehead atoms. The van der Waals surface area contributed by atoms with Gasteiger partial charge in [0.2, 0.25) is 0 Å². The molecule has 0 saturated heterocycles. The first-order valence-electron chi connectivity index (χ1n) is 7.21. The van der Waals surface area contributed by atoms with E-state index in [2.05, 4.69) is 5.32 Å². The number of esters is 1. The number of carbonyl (C=O) groups excluding carboxylic acids is 1. The number of benzene rings is 1. The normalized spacial score (nSPS) is 11.8. The van der Waals surface area contributed by atoms with Crippen LogP contribution in [0.1, 0.15) is 37.6 Å². The maximum Gasteiger partial charge on any atom is 0.345 e. The van der Waals surface area contributed by atoms with Crippen molar-refractivity contribution in [1.82, 2.24) is 0 Å². The molecule has 8 nitrogen and oxygen atoms in total. The van der Waals surface area contributed by atoms with E-state index in [-0.39, 0.29) is 23.8 Å². The zero-order valence-electron chi connectivity index (χ0n) is 13.2. The van der Waals surface area contributed by atoms with Crippen molar-refractivity contribution in [2.24, 2.45) is 5.92 Å². The van der Waals surface area contributed by atoms with Crippen molar-refractivity contribution in [2.45, 2.75) is 33.2 Å². The number of nitrogens with one attached hydrogen (secondary N) is 1. The van der Waals surface area contributed by atoms with E-state index in [0.29, 0.717) is 12.1 Å². The molecule has 0 aliphatic heterocycles. The summed E-state index contributed by atoms with van der Waals surface area (Å²) in [5.74, 6) is -1.71. The smallest absolute Gasteiger partial charge is 0.345 e. The third-order valence-electron chi connectivity index (χ3n) is 3.03. The van der Waals surface area contributed by atoms with Crippen LogP contribution in [-0.2, 0) is 9.53 Å². The molecule has 0 spiro atoms. The van der Waals surface area contributed by atoms with Crippen molar-refractivity contribution in [3.05, 3.63) is 33.9 Å². The highest BCUT2D eigenvalue weighted by Crippen LogP contribution is 2.24. The van der Waals surface area contributed by atoms with Gasteiger partial charge in [0.05, 0.1) is 11.5 Å². The van der Waals surface area contributed by atoms with Gasteiger partial charge in [-0.25, -0.2) is 9.59 Å². The summed E-state index contributed by atoms with van der Waals surface area (Å²) in [6.45, 7) is 5.45. The molecule has 0 aromatic heterocycles. The molecule has 1 unspecified atom stereocenters. The van der Waals surface area contributed by atoms with Gasteiger partial charge >= 0.3 is 11.9 Å². The van der Waals surface area contributed by atoms with Gasteiger partial charge in [-0.2, -0.15) is 0 Å². The first kappa shape index (κ1) is 18.4. The summed E-state index contributed by atoms with van der Waals surface area (Å²) in [5.41, 5.74) is -0.285. The van der Waals surface area contributed by atoms with Crippen molar-refractivity contribution in [3.8, 4) is 0 Å². The molecule has 2 N–H and O–H groups in total. The highest BCUT2D eigenvalue weighted by molar-refractivity contribution is 5.95. The first-order valence-corrected chi connectivity index (χ1v) is 7.21. The average molecular weight is 324 g/mol. The monoisotopic (exact) mass is 324 g/mol. The molecule has 0 fully saturated rings. The van der Waals surface area contributed by atoms with Crippen LogP contribution in [0.4, 0.5) is 11.4 Å². The van der Waals surface area contributed by atoms with E-state index in [1.165, 1.54) is 12.1 Å². The van der Waals surface area contributed by atoms with Crippen molar-refractivity contribution in [3.63, 3.8) is 0 Å². The van der Waals surface area contributed by atoms with E-state index in [0.717, 1.165) is 6.07 Å². The Kier molecular flexibility index (Phi) is 6.49.